The Morgan fingerprint density at radius 3 is 2.43 bits per heavy atom. The summed E-state index contributed by atoms with van der Waals surface area (Å²) in [4.78, 5) is 21.6. The van der Waals surface area contributed by atoms with Crippen LogP contribution in [0.2, 0.25) is 0 Å². The van der Waals surface area contributed by atoms with Crippen molar-refractivity contribution in [2.45, 2.75) is 19.9 Å². The molecule has 5 nitrogen and oxygen atoms in total. The third-order valence-electron chi connectivity index (χ3n) is 1.66. The minimum absolute atomic E-state index is 0.0748. The first-order valence-electron chi connectivity index (χ1n) is 3.99. The number of aromatic nitrogens is 2. The van der Waals surface area contributed by atoms with E-state index in [1.54, 1.807) is 13.8 Å². The van der Waals surface area contributed by atoms with Crippen LogP contribution in [-0.4, -0.2) is 26.0 Å². The van der Waals surface area contributed by atoms with Crippen molar-refractivity contribution in [1.82, 2.24) is 9.78 Å². The van der Waals surface area contributed by atoms with Crippen LogP contribution < -0.4 is 0 Å². The average molecular weight is 214 g/mol. The van der Waals surface area contributed by atoms with E-state index >= 15 is 0 Å². The summed E-state index contributed by atoms with van der Waals surface area (Å²) in [7, 11) is 0. The van der Waals surface area contributed by atoms with Crippen LogP contribution >= 0.6 is 12.6 Å². The molecule has 6 heteroatoms. The highest BCUT2D eigenvalue weighted by Crippen LogP contribution is 2.13. The molecule has 0 unspecified atom stereocenters. The molecule has 1 heterocycles. The van der Waals surface area contributed by atoms with Crippen molar-refractivity contribution >= 4 is 23.7 Å². The average Bonchev–Trinajstić information content (AvgIpc) is 2.47. The zero-order valence-electron chi connectivity index (χ0n) is 7.76. The Labute approximate surface area is 86.1 Å². The first-order chi connectivity index (χ1) is 6.43. The van der Waals surface area contributed by atoms with Gasteiger partial charge < -0.3 is 5.11 Å². The lowest BCUT2D eigenvalue weighted by atomic mass is 10.3. The number of carbonyl (C=O) groups excluding carboxylic acids is 1. The minimum Gasteiger partial charge on any atom is -0.476 e. The number of rotatable bonds is 3. The molecule has 0 aromatic carbocycles. The quantitative estimate of drug-likeness (QED) is 0.742. The number of hydrogen-bond acceptors (Lipinski definition) is 3. The van der Waals surface area contributed by atoms with Crippen molar-refractivity contribution in [3.8, 4) is 0 Å². The van der Waals surface area contributed by atoms with Crippen LogP contribution in [-0.2, 0) is 0 Å². The zero-order valence-corrected chi connectivity index (χ0v) is 8.65. The fraction of sp³-hybridized carbons (Fsp3) is 0.375. The number of carboxylic acid groups (broad SMARTS) is 1. The van der Waals surface area contributed by atoms with E-state index in [-0.39, 0.29) is 17.4 Å². The summed E-state index contributed by atoms with van der Waals surface area (Å²) in [5.74, 6) is -1.15. The fourth-order valence-corrected chi connectivity index (χ4v) is 1.22. The number of nitrogens with zero attached hydrogens (tertiary/aromatic N) is 2. The molecule has 0 atom stereocenters. The molecule has 14 heavy (non-hydrogen) atoms. The van der Waals surface area contributed by atoms with E-state index in [1.165, 1.54) is 10.7 Å². The SMILES string of the molecule is CC(C)n1nc(C(=O)O)cc1C(=O)S. The highest BCUT2D eigenvalue weighted by molar-refractivity contribution is 7.97. The molecule has 0 amide bonds. The van der Waals surface area contributed by atoms with Gasteiger partial charge in [-0.3, -0.25) is 9.48 Å². The molecular formula is C8H10N2O3S. The number of hydrogen-bond donors (Lipinski definition) is 2. The fourth-order valence-electron chi connectivity index (χ4n) is 1.05. The molecule has 0 aliphatic carbocycles. The van der Waals surface area contributed by atoms with E-state index in [9.17, 15) is 9.59 Å². The molecule has 1 rings (SSSR count). The van der Waals surface area contributed by atoms with Crippen LogP contribution in [0.15, 0.2) is 6.07 Å². The maximum absolute atomic E-state index is 11.0. The van der Waals surface area contributed by atoms with Gasteiger partial charge in [-0.1, -0.05) is 12.6 Å². The van der Waals surface area contributed by atoms with Gasteiger partial charge in [0.2, 0.25) is 5.12 Å². The second-order valence-electron chi connectivity index (χ2n) is 3.06. The molecule has 0 aliphatic heterocycles. The van der Waals surface area contributed by atoms with E-state index < -0.39 is 11.1 Å². The summed E-state index contributed by atoms with van der Waals surface area (Å²) in [6.07, 6.45) is 0. The maximum Gasteiger partial charge on any atom is 0.356 e. The van der Waals surface area contributed by atoms with Crippen molar-refractivity contribution in [2.75, 3.05) is 0 Å². The van der Waals surface area contributed by atoms with Crippen LogP contribution in [0.4, 0.5) is 0 Å². The largest absolute Gasteiger partial charge is 0.476 e. The predicted molar refractivity (Wildman–Crippen MR) is 52.9 cm³/mol. The lowest BCUT2D eigenvalue weighted by molar-refractivity contribution is 0.0689. The van der Waals surface area contributed by atoms with Gasteiger partial charge in [0.1, 0.15) is 5.69 Å². The minimum atomic E-state index is -1.15. The molecule has 0 saturated heterocycles. The molecular weight excluding hydrogens is 204 g/mol. The number of carbonyl (C=O) groups is 2. The molecule has 1 N–H and O–H groups in total. The van der Waals surface area contributed by atoms with E-state index in [0.29, 0.717) is 0 Å². The number of thiol groups is 1. The van der Waals surface area contributed by atoms with Crippen molar-refractivity contribution in [3.05, 3.63) is 17.5 Å². The van der Waals surface area contributed by atoms with E-state index in [0.717, 1.165) is 0 Å². The molecule has 0 aliphatic rings. The first-order valence-corrected chi connectivity index (χ1v) is 4.44. The van der Waals surface area contributed by atoms with Gasteiger partial charge >= 0.3 is 5.97 Å². The van der Waals surface area contributed by atoms with Gasteiger partial charge in [0.05, 0.1) is 0 Å². The molecule has 1 aromatic heterocycles. The third-order valence-corrected chi connectivity index (χ3v) is 1.89. The van der Waals surface area contributed by atoms with Crippen LogP contribution in [0.3, 0.4) is 0 Å². The van der Waals surface area contributed by atoms with Gasteiger partial charge in [-0.25, -0.2) is 4.79 Å². The van der Waals surface area contributed by atoms with Crippen molar-refractivity contribution < 1.29 is 14.7 Å². The van der Waals surface area contributed by atoms with Crippen molar-refractivity contribution in [2.24, 2.45) is 0 Å². The molecule has 0 fully saturated rings. The molecule has 0 radical (unpaired) electrons. The normalized spacial score (nSPS) is 10.6. The molecule has 1 aromatic rings. The van der Waals surface area contributed by atoms with E-state index in [1.807, 2.05) is 0 Å². The molecule has 76 valence electrons. The Hall–Kier alpha value is -1.30. The van der Waals surface area contributed by atoms with E-state index in [2.05, 4.69) is 17.7 Å². The highest BCUT2D eigenvalue weighted by Gasteiger charge is 2.17. The summed E-state index contributed by atoms with van der Waals surface area (Å²) in [5.41, 5.74) is 0.0526. The van der Waals surface area contributed by atoms with Gasteiger partial charge in [-0.05, 0) is 13.8 Å². The lowest BCUT2D eigenvalue weighted by Crippen LogP contribution is -2.10. The van der Waals surface area contributed by atoms with Gasteiger partial charge in [-0.2, -0.15) is 5.10 Å². The Morgan fingerprint density at radius 1 is 1.57 bits per heavy atom. The van der Waals surface area contributed by atoms with Gasteiger partial charge in [0.15, 0.2) is 5.69 Å². The Bertz CT molecular complexity index is 384. The summed E-state index contributed by atoms with van der Waals surface area (Å²) >= 11 is 3.64. The molecule has 0 bridgehead atoms. The molecule has 0 saturated carbocycles. The van der Waals surface area contributed by atoms with Crippen LogP contribution in [0, 0.1) is 0 Å². The van der Waals surface area contributed by atoms with Gasteiger partial charge in [-0.15, -0.1) is 0 Å². The first kappa shape index (κ1) is 10.8. The summed E-state index contributed by atoms with van der Waals surface area (Å²) in [6, 6.07) is 1.15. The van der Waals surface area contributed by atoms with Crippen molar-refractivity contribution in [1.29, 1.82) is 0 Å². The van der Waals surface area contributed by atoms with Crippen LogP contribution in [0.25, 0.3) is 0 Å². The van der Waals surface area contributed by atoms with E-state index in [4.69, 9.17) is 5.11 Å². The van der Waals surface area contributed by atoms with Crippen LogP contribution in [0.5, 0.6) is 0 Å². The monoisotopic (exact) mass is 214 g/mol. The number of carboxylic acids is 1. The smallest absolute Gasteiger partial charge is 0.356 e. The van der Waals surface area contributed by atoms with Crippen molar-refractivity contribution in [3.63, 3.8) is 0 Å². The second-order valence-corrected chi connectivity index (χ2v) is 3.47. The third kappa shape index (κ3) is 1.95. The van der Waals surface area contributed by atoms with Gasteiger partial charge in [0.25, 0.3) is 0 Å². The Balaban J connectivity index is 3.26. The van der Waals surface area contributed by atoms with Crippen LogP contribution in [0.1, 0.15) is 40.9 Å². The van der Waals surface area contributed by atoms with Gasteiger partial charge in [0, 0.05) is 12.1 Å². The number of aromatic carboxylic acids is 1. The Morgan fingerprint density at radius 2 is 2.14 bits per heavy atom. The standard InChI is InChI=1S/C8H10N2O3S/c1-4(2)10-6(8(13)14)3-5(9-10)7(11)12/h3-4H,1-2H3,(H,11,12)(H,13,14). The highest BCUT2D eigenvalue weighted by atomic mass is 32.1. The molecule has 0 spiro atoms. The summed E-state index contributed by atoms with van der Waals surface area (Å²) in [6.45, 7) is 3.61. The lowest BCUT2D eigenvalue weighted by Gasteiger charge is -2.07. The topological polar surface area (TPSA) is 72.2 Å². The second kappa shape index (κ2) is 3.83. The summed E-state index contributed by atoms with van der Waals surface area (Å²) < 4.78 is 1.35. The maximum atomic E-state index is 11.0. The predicted octanol–water partition coefficient (Wildman–Crippen LogP) is 1.23. The zero-order chi connectivity index (χ0) is 10.9. The Kier molecular flexibility index (Phi) is 2.95. The summed E-state index contributed by atoms with van der Waals surface area (Å²) in [5, 5.41) is 12.0.